The van der Waals surface area contributed by atoms with Gasteiger partial charge in [-0.15, -0.1) is 0 Å². The zero-order chi connectivity index (χ0) is 38.5. The lowest BCUT2D eigenvalue weighted by molar-refractivity contribution is 0.359. The zero-order valence-electron chi connectivity index (χ0n) is 31.2. The van der Waals surface area contributed by atoms with Gasteiger partial charge in [-0.2, -0.15) is 0 Å². The third-order valence-electron chi connectivity index (χ3n) is 10.6. The molecule has 56 heavy (non-hydrogen) atoms. The van der Waals surface area contributed by atoms with Crippen LogP contribution in [0.1, 0.15) is 51.9 Å². The van der Waals surface area contributed by atoms with Crippen molar-refractivity contribution in [1.82, 2.24) is 4.98 Å². The Morgan fingerprint density at radius 1 is 0.571 bits per heavy atom. The van der Waals surface area contributed by atoms with Crippen molar-refractivity contribution in [3.8, 4) is 34.1 Å². The fourth-order valence-electron chi connectivity index (χ4n) is 8.15. The molecule has 0 fully saturated rings. The molecule has 0 radical (unpaired) electrons. The van der Waals surface area contributed by atoms with Gasteiger partial charge in [-0.05, 0) is 95.3 Å². The van der Waals surface area contributed by atoms with Crippen molar-refractivity contribution in [3.05, 3.63) is 227 Å². The molecule has 0 spiro atoms. The maximum atomic E-state index is 8.77. The minimum atomic E-state index is -0.511. The van der Waals surface area contributed by atoms with Gasteiger partial charge in [0.2, 0.25) is 0 Å². The number of ether oxygens (including phenoxy) is 2. The summed E-state index contributed by atoms with van der Waals surface area (Å²) in [5.74, 6) is 2.92. The molecule has 0 bridgehead atoms. The van der Waals surface area contributed by atoms with Gasteiger partial charge in [0.25, 0.3) is 0 Å². The molecular weight excluding hydrogens is 687 g/mol. The molecule has 10 rings (SSSR count). The number of nitrogens with zero attached hydrogens (tertiary/aromatic N) is 1. The summed E-state index contributed by atoms with van der Waals surface area (Å²) in [6.45, 7) is 4.47. The summed E-state index contributed by atoms with van der Waals surface area (Å²) in [5, 5.41) is 14.3. The van der Waals surface area contributed by atoms with Crippen LogP contribution in [0.25, 0.3) is 16.7 Å². The molecule has 2 heterocycles. The number of pyridine rings is 1. The van der Waals surface area contributed by atoms with Gasteiger partial charge in [-0.3, -0.25) is 10.4 Å². The first-order valence-corrected chi connectivity index (χ1v) is 18.8. The molecule has 272 valence electrons. The lowest BCUT2D eigenvalue weighted by Crippen LogP contribution is -2.28. The second-order valence-electron chi connectivity index (χ2n) is 13.8. The molecule has 0 saturated heterocycles. The summed E-state index contributed by atoms with van der Waals surface area (Å²) >= 11 is 0. The Morgan fingerprint density at radius 3 is 1.82 bits per heavy atom. The number of hydrogen-bond acceptors (Lipinski definition) is 5. The summed E-state index contributed by atoms with van der Waals surface area (Å²) in [6.07, 6.45) is 7.63. The Balaban J connectivity index is 0.000000439. The van der Waals surface area contributed by atoms with Crippen molar-refractivity contribution in [1.29, 1.82) is 10.8 Å². The van der Waals surface area contributed by atoms with E-state index in [2.05, 4.69) is 127 Å². The highest BCUT2D eigenvalue weighted by Gasteiger charge is 2.48. The molecular formula is C51H41N3O2. The number of allylic oxidation sites excluding steroid dienone is 4. The van der Waals surface area contributed by atoms with E-state index in [-0.39, 0.29) is 0 Å². The number of aromatic nitrogens is 1. The highest BCUT2D eigenvalue weighted by Crippen LogP contribution is 2.62. The van der Waals surface area contributed by atoms with Crippen molar-refractivity contribution in [2.24, 2.45) is 0 Å². The number of rotatable bonds is 5. The van der Waals surface area contributed by atoms with Crippen LogP contribution in [0.4, 0.5) is 0 Å². The maximum absolute atomic E-state index is 8.77. The fraction of sp³-hybridized carbons (Fsp3) is 0.0784. The summed E-state index contributed by atoms with van der Waals surface area (Å²) in [5.41, 5.74) is 12.4. The van der Waals surface area contributed by atoms with E-state index in [1.165, 1.54) is 27.8 Å². The van der Waals surface area contributed by atoms with Crippen LogP contribution in [0.15, 0.2) is 188 Å². The molecule has 5 nitrogen and oxygen atoms in total. The lowest BCUT2D eigenvalue weighted by Gasteiger charge is -2.34. The van der Waals surface area contributed by atoms with E-state index in [1.54, 1.807) is 6.20 Å². The summed E-state index contributed by atoms with van der Waals surface area (Å²) < 4.78 is 13.7. The normalized spacial score (nSPS) is 13.8. The molecule has 1 aromatic heterocycles. The van der Waals surface area contributed by atoms with Crippen molar-refractivity contribution in [2.45, 2.75) is 25.2 Å². The Kier molecular flexibility index (Phi) is 10.1. The van der Waals surface area contributed by atoms with Crippen LogP contribution in [0.5, 0.6) is 23.0 Å². The Labute approximate surface area is 328 Å². The monoisotopic (exact) mass is 727 g/mol. The van der Waals surface area contributed by atoms with Crippen LogP contribution in [-0.4, -0.2) is 17.4 Å². The molecule has 3 aliphatic rings. The predicted molar refractivity (Wildman–Crippen MR) is 228 cm³/mol. The predicted octanol–water partition coefficient (Wildman–Crippen LogP) is 12.8. The number of benzene rings is 6. The van der Waals surface area contributed by atoms with Crippen LogP contribution in [0.3, 0.4) is 0 Å². The largest absolute Gasteiger partial charge is 0.449 e. The van der Waals surface area contributed by atoms with E-state index in [0.717, 1.165) is 63.6 Å². The van der Waals surface area contributed by atoms with Crippen LogP contribution < -0.4 is 9.47 Å². The van der Waals surface area contributed by atoms with Crippen LogP contribution >= 0.6 is 0 Å². The Bertz CT molecular complexity index is 2540. The quantitative estimate of drug-likeness (QED) is 0.173. The summed E-state index contributed by atoms with van der Waals surface area (Å²) in [4.78, 5) is 3.98. The molecule has 0 saturated carbocycles. The fourth-order valence-corrected chi connectivity index (χ4v) is 8.15. The van der Waals surface area contributed by atoms with Crippen molar-refractivity contribution in [2.75, 3.05) is 0 Å². The molecule has 5 heteroatoms. The molecule has 0 atom stereocenters. The van der Waals surface area contributed by atoms with Gasteiger partial charge in [-0.1, -0.05) is 152 Å². The third-order valence-corrected chi connectivity index (χ3v) is 10.6. The Hall–Kier alpha value is -7.11. The van der Waals surface area contributed by atoms with Gasteiger partial charge in [0.1, 0.15) is 0 Å². The van der Waals surface area contributed by atoms with Crippen LogP contribution in [0.2, 0.25) is 0 Å². The second kappa shape index (κ2) is 15.7. The van der Waals surface area contributed by atoms with Crippen molar-refractivity contribution < 1.29 is 9.47 Å². The number of aryl methyl sites for hydroxylation is 1. The first-order chi connectivity index (χ1) is 27.6. The number of para-hydroxylation sites is 1. The standard InChI is InChI=1S/C44H31NO2.C6H7N.CH3N/c45-41(30-13-4-1-5-14-30)31-25-23-29(24-26-31)34-20-12-22-38-42(34)47-43-39(46-38)28-27-37-40(43)35-19-10-11-21-36(35)44(37,32-15-6-2-7-16-32)33-17-8-3-9-18-33;1-6-4-2-3-5-7-6;1-2/h1-23,25,27-28,45H,24,26H2;2-5H,1H3;2H,1H2. The first-order valence-electron chi connectivity index (χ1n) is 18.8. The number of hydrogen-bond donors (Lipinski definition) is 2. The molecule has 2 N–H and O–H groups in total. The van der Waals surface area contributed by atoms with E-state index in [1.807, 2.05) is 67.6 Å². The van der Waals surface area contributed by atoms with Crippen LogP contribution in [-0.2, 0) is 5.41 Å². The van der Waals surface area contributed by atoms with Gasteiger partial charge in [-0.25, -0.2) is 0 Å². The van der Waals surface area contributed by atoms with Crippen molar-refractivity contribution >= 4 is 18.0 Å². The van der Waals surface area contributed by atoms with Gasteiger partial charge >= 0.3 is 0 Å². The van der Waals surface area contributed by atoms with E-state index in [0.29, 0.717) is 11.5 Å². The molecule has 2 aliphatic carbocycles. The maximum Gasteiger partial charge on any atom is 0.178 e. The minimum Gasteiger partial charge on any atom is -0.449 e. The molecule has 6 aromatic carbocycles. The molecule has 1 aliphatic heterocycles. The average Bonchev–Trinajstić information content (AvgIpc) is 3.59. The van der Waals surface area contributed by atoms with E-state index in [4.69, 9.17) is 20.3 Å². The molecule has 7 aromatic rings. The van der Waals surface area contributed by atoms with E-state index >= 15 is 0 Å². The van der Waals surface area contributed by atoms with Crippen molar-refractivity contribution in [3.63, 3.8) is 0 Å². The topological polar surface area (TPSA) is 79.1 Å². The number of fused-ring (bicyclic) bond motifs is 6. The highest BCUT2D eigenvalue weighted by atomic mass is 16.6. The second-order valence-corrected chi connectivity index (χ2v) is 13.8. The average molecular weight is 728 g/mol. The first kappa shape index (κ1) is 35.9. The molecule has 0 amide bonds. The van der Waals surface area contributed by atoms with Gasteiger partial charge < -0.3 is 14.9 Å². The highest BCUT2D eigenvalue weighted by molar-refractivity contribution is 6.11. The van der Waals surface area contributed by atoms with Gasteiger partial charge in [0, 0.05) is 23.0 Å². The Morgan fingerprint density at radius 2 is 1.20 bits per heavy atom. The number of nitrogens with one attached hydrogen (secondary N) is 2. The minimum absolute atomic E-state index is 0.511. The van der Waals surface area contributed by atoms with E-state index in [9.17, 15) is 0 Å². The third kappa shape index (κ3) is 6.33. The smallest absolute Gasteiger partial charge is 0.178 e. The zero-order valence-corrected chi connectivity index (χ0v) is 31.2. The van der Waals surface area contributed by atoms with Crippen LogP contribution in [0, 0.1) is 17.7 Å². The van der Waals surface area contributed by atoms with E-state index < -0.39 is 5.41 Å². The lowest BCUT2D eigenvalue weighted by atomic mass is 9.68. The molecule has 0 unspecified atom stereocenters. The SMILES string of the molecule is C=N.Cc1ccccn1.N=C(C1=CC=C(c2cccc3c2Oc2c(ccc4c2-c2ccccc2C4(c2ccccc2)c2ccccc2)O3)CC1)c1ccccc1. The summed E-state index contributed by atoms with van der Waals surface area (Å²) in [7, 11) is 0. The summed E-state index contributed by atoms with van der Waals surface area (Å²) in [6, 6.07) is 56.6. The van der Waals surface area contributed by atoms with Gasteiger partial charge in [0.15, 0.2) is 23.0 Å². The van der Waals surface area contributed by atoms with Gasteiger partial charge in [0.05, 0.1) is 11.1 Å².